The van der Waals surface area contributed by atoms with Crippen molar-refractivity contribution in [1.29, 1.82) is 0 Å². The van der Waals surface area contributed by atoms with Gasteiger partial charge in [0.15, 0.2) is 0 Å². The quantitative estimate of drug-likeness (QED) is 0.504. The molecule has 2 N–H and O–H groups in total. The Bertz CT molecular complexity index is 447. The topological polar surface area (TPSA) is 75.4 Å². The molecule has 3 atom stereocenters. The molecule has 1 aromatic carbocycles. The van der Waals surface area contributed by atoms with E-state index in [0.29, 0.717) is 0 Å². The Morgan fingerprint density at radius 1 is 1.25 bits per heavy atom. The number of hydrogen-bond acceptors (Lipinski definition) is 4. The van der Waals surface area contributed by atoms with Gasteiger partial charge in [0.2, 0.25) is 0 Å². The first kappa shape index (κ1) is 14.9. The summed E-state index contributed by atoms with van der Waals surface area (Å²) in [7, 11) is 0. The zero-order valence-electron chi connectivity index (χ0n) is 11.8. The van der Waals surface area contributed by atoms with Gasteiger partial charge in [0.1, 0.15) is 0 Å². The van der Waals surface area contributed by atoms with Crippen molar-refractivity contribution >= 4 is 5.69 Å². The molecule has 110 valence electrons. The number of aliphatic hydroxyl groups is 1. The van der Waals surface area contributed by atoms with Crippen LogP contribution in [0.3, 0.4) is 0 Å². The summed E-state index contributed by atoms with van der Waals surface area (Å²) < 4.78 is 0. The molecule has 1 aliphatic rings. The highest BCUT2D eigenvalue weighted by Crippen LogP contribution is 2.22. The van der Waals surface area contributed by atoms with Gasteiger partial charge in [-0.15, -0.1) is 0 Å². The van der Waals surface area contributed by atoms with Crippen LogP contribution in [0.25, 0.3) is 0 Å². The fourth-order valence-electron chi connectivity index (χ4n) is 2.78. The molecule has 0 aliphatic heterocycles. The van der Waals surface area contributed by atoms with Gasteiger partial charge in [0.25, 0.3) is 5.69 Å². The van der Waals surface area contributed by atoms with Crippen LogP contribution in [0.1, 0.15) is 50.6 Å². The van der Waals surface area contributed by atoms with E-state index in [4.69, 9.17) is 0 Å². The maximum absolute atomic E-state index is 10.6. The van der Waals surface area contributed by atoms with Gasteiger partial charge >= 0.3 is 0 Å². The number of nitrogens with one attached hydrogen (secondary N) is 1. The van der Waals surface area contributed by atoms with Crippen molar-refractivity contribution < 1.29 is 10.0 Å². The summed E-state index contributed by atoms with van der Waals surface area (Å²) in [4.78, 5) is 10.2. The minimum atomic E-state index is -0.392. The van der Waals surface area contributed by atoms with Gasteiger partial charge in [-0.25, -0.2) is 0 Å². The average Bonchev–Trinajstić information content (AvgIpc) is 2.64. The molecule has 20 heavy (non-hydrogen) atoms. The summed E-state index contributed by atoms with van der Waals surface area (Å²) in [5.41, 5.74) is 1.11. The third kappa shape index (κ3) is 3.77. The van der Waals surface area contributed by atoms with E-state index < -0.39 is 4.92 Å². The average molecular weight is 278 g/mol. The van der Waals surface area contributed by atoms with Gasteiger partial charge in [-0.2, -0.15) is 0 Å². The van der Waals surface area contributed by atoms with Crippen LogP contribution in [0, 0.1) is 10.1 Å². The first-order chi connectivity index (χ1) is 9.58. The Morgan fingerprint density at radius 2 is 1.90 bits per heavy atom. The van der Waals surface area contributed by atoms with Crippen LogP contribution >= 0.6 is 0 Å². The molecule has 0 saturated heterocycles. The molecular weight excluding hydrogens is 256 g/mol. The molecule has 1 aromatic rings. The van der Waals surface area contributed by atoms with Crippen molar-refractivity contribution in [3.8, 4) is 0 Å². The van der Waals surface area contributed by atoms with Crippen LogP contribution in [0.5, 0.6) is 0 Å². The highest BCUT2D eigenvalue weighted by Gasteiger charge is 2.23. The fraction of sp³-hybridized carbons (Fsp3) is 0.600. The standard InChI is InChI=1S/C15H22N2O3/c1-11(12-7-9-13(10-8-12)17(19)20)16-14-5-3-2-4-6-15(14)18/h7-11,14-16,18H,2-6H2,1H3. The minimum absolute atomic E-state index is 0.0774. The number of nitro groups is 1. The van der Waals surface area contributed by atoms with Gasteiger partial charge in [-0.1, -0.05) is 31.4 Å². The SMILES string of the molecule is CC(NC1CCCCCC1O)c1ccc([N+](=O)[O-])cc1. The second-order valence-electron chi connectivity index (χ2n) is 5.55. The summed E-state index contributed by atoms with van der Waals surface area (Å²) in [5, 5.41) is 24.2. The molecule has 0 bridgehead atoms. The van der Waals surface area contributed by atoms with Crippen LogP contribution in [-0.4, -0.2) is 22.2 Å². The number of nitro benzene ring substituents is 1. The van der Waals surface area contributed by atoms with Crippen LogP contribution in [0.4, 0.5) is 5.69 Å². The number of nitrogens with zero attached hydrogens (tertiary/aromatic N) is 1. The molecule has 5 heteroatoms. The van der Waals surface area contributed by atoms with Gasteiger partial charge in [-0.3, -0.25) is 10.1 Å². The van der Waals surface area contributed by atoms with E-state index in [9.17, 15) is 15.2 Å². The molecule has 0 amide bonds. The third-order valence-corrected chi connectivity index (χ3v) is 4.05. The number of benzene rings is 1. The van der Waals surface area contributed by atoms with Crippen molar-refractivity contribution in [1.82, 2.24) is 5.32 Å². The van der Waals surface area contributed by atoms with Gasteiger partial charge in [-0.05, 0) is 25.3 Å². The first-order valence-corrected chi connectivity index (χ1v) is 7.26. The molecule has 0 radical (unpaired) electrons. The predicted molar refractivity (Wildman–Crippen MR) is 77.5 cm³/mol. The zero-order chi connectivity index (χ0) is 14.5. The third-order valence-electron chi connectivity index (χ3n) is 4.05. The molecule has 0 heterocycles. The Morgan fingerprint density at radius 3 is 2.55 bits per heavy atom. The minimum Gasteiger partial charge on any atom is -0.392 e. The smallest absolute Gasteiger partial charge is 0.269 e. The van der Waals surface area contributed by atoms with E-state index in [1.165, 1.54) is 18.6 Å². The number of non-ortho nitro benzene ring substituents is 1. The zero-order valence-corrected chi connectivity index (χ0v) is 11.8. The Hall–Kier alpha value is -1.46. The van der Waals surface area contributed by atoms with Crippen molar-refractivity contribution in [2.24, 2.45) is 0 Å². The molecule has 1 saturated carbocycles. The summed E-state index contributed by atoms with van der Waals surface area (Å²) in [5.74, 6) is 0. The van der Waals surface area contributed by atoms with Crippen LogP contribution < -0.4 is 5.32 Å². The number of aliphatic hydroxyl groups excluding tert-OH is 1. The fourth-order valence-corrected chi connectivity index (χ4v) is 2.78. The lowest BCUT2D eigenvalue weighted by molar-refractivity contribution is -0.384. The summed E-state index contributed by atoms with van der Waals surface area (Å²) in [6.45, 7) is 2.03. The Balaban J connectivity index is 1.99. The van der Waals surface area contributed by atoms with Crippen molar-refractivity contribution in [3.63, 3.8) is 0 Å². The van der Waals surface area contributed by atoms with Crippen LogP contribution in [0.2, 0.25) is 0 Å². The first-order valence-electron chi connectivity index (χ1n) is 7.26. The monoisotopic (exact) mass is 278 g/mol. The van der Waals surface area contributed by atoms with E-state index in [2.05, 4.69) is 5.32 Å². The Labute approximate surface area is 119 Å². The highest BCUT2D eigenvalue weighted by molar-refractivity contribution is 5.34. The van der Waals surface area contributed by atoms with E-state index in [1.54, 1.807) is 12.1 Å². The van der Waals surface area contributed by atoms with Crippen molar-refractivity contribution in [2.75, 3.05) is 0 Å². The molecule has 2 rings (SSSR count). The predicted octanol–water partition coefficient (Wildman–Crippen LogP) is 2.94. The van der Waals surface area contributed by atoms with E-state index in [-0.39, 0.29) is 23.9 Å². The van der Waals surface area contributed by atoms with Crippen molar-refractivity contribution in [2.45, 2.75) is 57.2 Å². The maximum atomic E-state index is 10.6. The summed E-state index contributed by atoms with van der Waals surface area (Å²) in [6, 6.07) is 6.79. The van der Waals surface area contributed by atoms with E-state index in [1.807, 2.05) is 6.92 Å². The second-order valence-corrected chi connectivity index (χ2v) is 5.55. The van der Waals surface area contributed by atoms with Crippen molar-refractivity contribution in [3.05, 3.63) is 39.9 Å². The molecule has 3 unspecified atom stereocenters. The normalized spacial score (nSPS) is 24.9. The number of hydrogen-bond donors (Lipinski definition) is 2. The highest BCUT2D eigenvalue weighted by atomic mass is 16.6. The summed E-state index contributed by atoms with van der Waals surface area (Å²) in [6.07, 6.45) is 4.95. The lowest BCUT2D eigenvalue weighted by Crippen LogP contribution is -2.40. The molecular formula is C15H22N2O3. The molecule has 0 spiro atoms. The lowest BCUT2D eigenvalue weighted by atomic mass is 10.0. The van der Waals surface area contributed by atoms with Gasteiger partial charge < -0.3 is 10.4 Å². The largest absolute Gasteiger partial charge is 0.392 e. The lowest BCUT2D eigenvalue weighted by Gasteiger charge is -2.26. The van der Waals surface area contributed by atoms with E-state index >= 15 is 0 Å². The van der Waals surface area contributed by atoms with E-state index in [0.717, 1.165) is 31.2 Å². The maximum Gasteiger partial charge on any atom is 0.269 e. The number of rotatable bonds is 4. The Kier molecular flexibility index (Phi) is 5.09. The molecule has 0 aromatic heterocycles. The molecule has 1 aliphatic carbocycles. The van der Waals surface area contributed by atoms with Crippen LogP contribution in [-0.2, 0) is 0 Å². The van der Waals surface area contributed by atoms with Gasteiger partial charge in [0.05, 0.1) is 11.0 Å². The molecule has 1 fully saturated rings. The summed E-state index contributed by atoms with van der Waals surface area (Å²) >= 11 is 0. The second kappa shape index (κ2) is 6.81. The molecule has 5 nitrogen and oxygen atoms in total. The van der Waals surface area contributed by atoms with Crippen LogP contribution in [0.15, 0.2) is 24.3 Å². The van der Waals surface area contributed by atoms with Gasteiger partial charge in [0, 0.05) is 24.2 Å².